The van der Waals surface area contributed by atoms with Gasteiger partial charge in [-0.3, -0.25) is 0 Å². The Labute approximate surface area is 117 Å². The van der Waals surface area contributed by atoms with Gasteiger partial charge in [0.15, 0.2) is 0 Å². The van der Waals surface area contributed by atoms with Crippen LogP contribution in [-0.2, 0) is 6.42 Å². The maximum absolute atomic E-state index is 9.34. The first-order valence-electron chi connectivity index (χ1n) is 7.79. The van der Waals surface area contributed by atoms with Gasteiger partial charge in [-0.1, -0.05) is 38.3 Å². The molecule has 1 fully saturated rings. The molecule has 0 radical (unpaired) electrons. The molecule has 0 heterocycles. The maximum Gasteiger partial charge on any atom is 0.115 e. The van der Waals surface area contributed by atoms with Crippen molar-refractivity contribution in [2.75, 3.05) is 6.54 Å². The SMILES string of the molecule is CCCNC1CCCCC(Cc2ccc(O)cc2)C1. The second-order valence-electron chi connectivity index (χ2n) is 5.91. The zero-order valence-electron chi connectivity index (χ0n) is 12.1. The van der Waals surface area contributed by atoms with Crippen molar-refractivity contribution in [3.8, 4) is 5.75 Å². The Morgan fingerprint density at radius 3 is 2.63 bits per heavy atom. The Hall–Kier alpha value is -1.02. The van der Waals surface area contributed by atoms with Gasteiger partial charge in [0.25, 0.3) is 0 Å². The lowest BCUT2D eigenvalue weighted by Gasteiger charge is -2.21. The Morgan fingerprint density at radius 2 is 1.89 bits per heavy atom. The highest BCUT2D eigenvalue weighted by Crippen LogP contribution is 2.27. The van der Waals surface area contributed by atoms with Gasteiger partial charge in [-0.2, -0.15) is 0 Å². The number of nitrogens with one attached hydrogen (secondary N) is 1. The zero-order chi connectivity index (χ0) is 13.5. The van der Waals surface area contributed by atoms with E-state index in [1.54, 1.807) is 12.1 Å². The van der Waals surface area contributed by atoms with Crippen LogP contribution in [0.3, 0.4) is 0 Å². The summed E-state index contributed by atoms with van der Waals surface area (Å²) in [7, 11) is 0. The van der Waals surface area contributed by atoms with Gasteiger partial charge in [-0.25, -0.2) is 0 Å². The number of hydrogen-bond acceptors (Lipinski definition) is 2. The molecule has 2 N–H and O–H groups in total. The van der Waals surface area contributed by atoms with E-state index in [-0.39, 0.29) is 0 Å². The van der Waals surface area contributed by atoms with E-state index in [0.29, 0.717) is 11.8 Å². The molecule has 0 aromatic heterocycles. The molecular formula is C17H27NO. The van der Waals surface area contributed by atoms with E-state index >= 15 is 0 Å². The van der Waals surface area contributed by atoms with Gasteiger partial charge in [-0.05, 0) is 55.8 Å². The van der Waals surface area contributed by atoms with Gasteiger partial charge in [0.2, 0.25) is 0 Å². The van der Waals surface area contributed by atoms with Crippen molar-refractivity contribution in [1.82, 2.24) is 5.32 Å². The molecule has 2 rings (SSSR count). The fourth-order valence-electron chi connectivity index (χ4n) is 3.15. The van der Waals surface area contributed by atoms with E-state index in [0.717, 1.165) is 18.9 Å². The van der Waals surface area contributed by atoms with Crippen LogP contribution in [0.25, 0.3) is 0 Å². The Kier molecular flexibility index (Phi) is 5.71. The third-order valence-corrected chi connectivity index (χ3v) is 4.18. The molecule has 2 unspecified atom stereocenters. The van der Waals surface area contributed by atoms with Crippen LogP contribution in [0.2, 0.25) is 0 Å². The smallest absolute Gasteiger partial charge is 0.115 e. The molecule has 2 nitrogen and oxygen atoms in total. The summed E-state index contributed by atoms with van der Waals surface area (Å²) in [6.45, 7) is 3.38. The topological polar surface area (TPSA) is 32.3 Å². The molecule has 1 aromatic rings. The van der Waals surface area contributed by atoms with Gasteiger partial charge in [0, 0.05) is 6.04 Å². The first kappa shape index (κ1) is 14.4. The molecule has 19 heavy (non-hydrogen) atoms. The highest BCUT2D eigenvalue weighted by atomic mass is 16.3. The van der Waals surface area contributed by atoms with Gasteiger partial charge in [0.1, 0.15) is 5.75 Å². The van der Waals surface area contributed by atoms with Crippen LogP contribution in [0.4, 0.5) is 0 Å². The monoisotopic (exact) mass is 261 g/mol. The minimum atomic E-state index is 0.368. The van der Waals surface area contributed by atoms with Crippen molar-refractivity contribution in [2.45, 2.75) is 57.9 Å². The predicted molar refractivity (Wildman–Crippen MR) is 80.5 cm³/mol. The summed E-state index contributed by atoms with van der Waals surface area (Å²) >= 11 is 0. The van der Waals surface area contributed by atoms with Crippen LogP contribution in [-0.4, -0.2) is 17.7 Å². The molecule has 0 spiro atoms. The molecule has 1 aliphatic carbocycles. The van der Waals surface area contributed by atoms with E-state index < -0.39 is 0 Å². The van der Waals surface area contributed by atoms with Gasteiger partial charge in [0.05, 0.1) is 0 Å². The van der Waals surface area contributed by atoms with Crippen molar-refractivity contribution >= 4 is 0 Å². The van der Waals surface area contributed by atoms with Crippen LogP contribution in [0.15, 0.2) is 24.3 Å². The summed E-state index contributed by atoms with van der Waals surface area (Å²) in [5.74, 6) is 1.16. The molecule has 1 aliphatic rings. The van der Waals surface area contributed by atoms with E-state index in [2.05, 4.69) is 24.4 Å². The summed E-state index contributed by atoms with van der Waals surface area (Å²) < 4.78 is 0. The van der Waals surface area contributed by atoms with E-state index in [1.807, 2.05) is 0 Å². The quantitative estimate of drug-likeness (QED) is 0.788. The second kappa shape index (κ2) is 7.54. The van der Waals surface area contributed by atoms with Crippen molar-refractivity contribution in [3.63, 3.8) is 0 Å². The molecule has 1 saturated carbocycles. The molecule has 1 aromatic carbocycles. The molecule has 2 atom stereocenters. The number of phenols is 1. The predicted octanol–water partition coefficient (Wildman–Crippen LogP) is 3.88. The number of phenolic OH excluding ortho intramolecular Hbond substituents is 1. The average molecular weight is 261 g/mol. The van der Waals surface area contributed by atoms with Crippen LogP contribution in [0, 0.1) is 5.92 Å². The highest BCUT2D eigenvalue weighted by molar-refractivity contribution is 5.26. The highest BCUT2D eigenvalue weighted by Gasteiger charge is 2.19. The van der Waals surface area contributed by atoms with Gasteiger partial charge in [-0.15, -0.1) is 0 Å². The van der Waals surface area contributed by atoms with Crippen LogP contribution in [0.1, 0.15) is 51.0 Å². The van der Waals surface area contributed by atoms with Crippen molar-refractivity contribution < 1.29 is 5.11 Å². The lowest BCUT2D eigenvalue weighted by Crippen LogP contribution is -2.31. The lowest BCUT2D eigenvalue weighted by molar-refractivity contribution is 0.384. The van der Waals surface area contributed by atoms with E-state index in [4.69, 9.17) is 0 Å². The summed E-state index contributed by atoms with van der Waals surface area (Å²) in [5.41, 5.74) is 1.36. The number of benzene rings is 1. The van der Waals surface area contributed by atoms with E-state index in [9.17, 15) is 5.11 Å². The maximum atomic E-state index is 9.34. The normalized spacial score (nSPS) is 24.1. The first-order chi connectivity index (χ1) is 9.28. The summed E-state index contributed by atoms with van der Waals surface area (Å²) in [6, 6.07) is 8.45. The van der Waals surface area contributed by atoms with E-state index in [1.165, 1.54) is 44.1 Å². The summed E-state index contributed by atoms with van der Waals surface area (Å²) in [6.07, 6.45) is 9.11. The van der Waals surface area contributed by atoms with Crippen LogP contribution in [0.5, 0.6) is 5.75 Å². The average Bonchev–Trinajstić information content (AvgIpc) is 2.64. The summed E-state index contributed by atoms with van der Waals surface area (Å²) in [5, 5.41) is 13.0. The van der Waals surface area contributed by atoms with Gasteiger partial charge < -0.3 is 10.4 Å². The largest absolute Gasteiger partial charge is 0.508 e. The van der Waals surface area contributed by atoms with Gasteiger partial charge >= 0.3 is 0 Å². The lowest BCUT2D eigenvalue weighted by atomic mass is 9.91. The Morgan fingerprint density at radius 1 is 1.16 bits per heavy atom. The molecular weight excluding hydrogens is 234 g/mol. The molecule has 0 bridgehead atoms. The number of aromatic hydroxyl groups is 1. The van der Waals surface area contributed by atoms with Crippen LogP contribution >= 0.6 is 0 Å². The third-order valence-electron chi connectivity index (χ3n) is 4.18. The minimum absolute atomic E-state index is 0.368. The second-order valence-corrected chi connectivity index (χ2v) is 5.91. The first-order valence-corrected chi connectivity index (χ1v) is 7.79. The standard InChI is InChI=1S/C17H27NO/c1-2-11-18-16-6-4-3-5-15(13-16)12-14-7-9-17(19)10-8-14/h7-10,15-16,18-19H,2-6,11-13H2,1H3. The minimum Gasteiger partial charge on any atom is -0.508 e. The Bertz CT molecular complexity index is 360. The Balaban J connectivity index is 1.88. The third kappa shape index (κ3) is 4.87. The molecule has 0 saturated heterocycles. The molecule has 2 heteroatoms. The molecule has 0 aliphatic heterocycles. The zero-order valence-corrected chi connectivity index (χ0v) is 12.1. The fourth-order valence-corrected chi connectivity index (χ4v) is 3.15. The number of rotatable bonds is 5. The fraction of sp³-hybridized carbons (Fsp3) is 0.647. The summed E-state index contributed by atoms with van der Waals surface area (Å²) in [4.78, 5) is 0. The van der Waals surface area contributed by atoms with Crippen LogP contribution < -0.4 is 5.32 Å². The van der Waals surface area contributed by atoms with Crippen molar-refractivity contribution in [1.29, 1.82) is 0 Å². The van der Waals surface area contributed by atoms with Crippen molar-refractivity contribution in [2.24, 2.45) is 5.92 Å². The number of hydrogen-bond donors (Lipinski definition) is 2. The molecule has 106 valence electrons. The van der Waals surface area contributed by atoms with Crippen molar-refractivity contribution in [3.05, 3.63) is 29.8 Å². The molecule has 0 amide bonds.